The fraction of sp³-hybridized carbons (Fsp3) is 0.800. The van der Waals surface area contributed by atoms with Crippen molar-refractivity contribution in [3.63, 3.8) is 0 Å². The molecule has 0 aliphatic rings. The van der Waals surface area contributed by atoms with Gasteiger partial charge in [-0.3, -0.25) is 9.59 Å². The van der Waals surface area contributed by atoms with Gasteiger partial charge < -0.3 is 10.4 Å². The molecule has 0 heterocycles. The Morgan fingerprint density at radius 1 is 1.21 bits per heavy atom. The number of hydrogen-bond acceptors (Lipinski definition) is 2. The van der Waals surface area contributed by atoms with E-state index >= 15 is 0 Å². The van der Waals surface area contributed by atoms with Gasteiger partial charge in [-0.1, -0.05) is 13.8 Å². The normalized spacial score (nSPS) is 12.6. The number of amides is 1. The van der Waals surface area contributed by atoms with Gasteiger partial charge in [0.1, 0.15) is 0 Å². The van der Waals surface area contributed by atoms with Crippen LogP contribution in [0.15, 0.2) is 0 Å². The zero-order valence-corrected chi connectivity index (χ0v) is 9.04. The molecular formula is C10H19NO3. The SMILES string of the molecule is CC(C)C(C)NC(=O)CCCC(=O)O. The van der Waals surface area contributed by atoms with Gasteiger partial charge in [-0.2, -0.15) is 0 Å². The molecule has 0 aromatic carbocycles. The highest BCUT2D eigenvalue weighted by atomic mass is 16.4. The number of nitrogens with one attached hydrogen (secondary N) is 1. The quantitative estimate of drug-likeness (QED) is 0.682. The minimum absolute atomic E-state index is 0.0590. The molecule has 2 N–H and O–H groups in total. The molecule has 0 aliphatic carbocycles. The fourth-order valence-electron chi connectivity index (χ4n) is 0.893. The number of carbonyl (C=O) groups is 2. The summed E-state index contributed by atoms with van der Waals surface area (Å²) < 4.78 is 0. The predicted molar refractivity (Wildman–Crippen MR) is 53.9 cm³/mol. The van der Waals surface area contributed by atoms with E-state index in [0.717, 1.165) is 0 Å². The lowest BCUT2D eigenvalue weighted by Crippen LogP contribution is -2.35. The molecule has 0 aromatic heterocycles. The number of carboxylic acids is 1. The molecule has 0 spiro atoms. The van der Waals surface area contributed by atoms with Crippen LogP contribution in [-0.2, 0) is 9.59 Å². The Kier molecular flexibility index (Phi) is 5.92. The van der Waals surface area contributed by atoms with Crippen LogP contribution in [0, 0.1) is 5.92 Å². The number of carbonyl (C=O) groups excluding carboxylic acids is 1. The Bertz CT molecular complexity index is 202. The second-order valence-electron chi connectivity index (χ2n) is 3.85. The summed E-state index contributed by atoms with van der Waals surface area (Å²) in [6.45, 7) is 6.00. The molecule has 0 saturated heterocycles. The molecule has 0 fully saturated rings. The maximum atomic E-state index is 11.2. The van der Waals surface area contributed by atoms with Gasteiger partial charge in [0.15, 0.2) is 0 Å². The first-order valence-corrected chi connectivity index (χ1v) is 4.94. The minimum atomic E-state index is -0.852. The number of carboxylic acid groups (broad SMARTS) is 1. The van der Waals surface area contributed by atoms with Crippen molar-refractivity contribution in [3.05, 3.63) is 0 Å². The molecule has 14 heavy (non-hydrogen) atoms. The van der Waals surface area contributed by atoms with E-state index in [0.29, 0.717) is 18.8 Å². The molecule has 0 saturated carbocycles. The molecule has 4 nitrogen and oxygen atoms in total. The molecule has 0 radical (unpaired) electrons. The summed E-state index contributed by atoms with van der Waals surface area (Å²) in [5, 5.41) is 11.2. The zero-order valence-electron chi connectivity index (χ0n) is 9.04. The molecule has 0 aliphatic heterocycles. The predicted octanol–water partition coefficient (Wildman–Crippen LogP) is 1.40. The third-order valence-corrected chi connectivity index (χ3v) is 2.18. The third-order valence-electron chi connectivity index (χ3n) is 2.18. The van der Waals surface area contributed by atoms with Crippen LogP contribution in [0.2, 0.25) is 0 Å². The summed E-state index contributed by atoms with van der Waals surface area (Å²) in [5.41, 5.74) is 0. The first kappa shape index (κ1) is 12.9. The first-order chi connectivity index (χ1) is 6.43. The second kappa shape index (κ2) is 6.40. The standard InChI is InChI=1S/C10H19NO3/c1-7(2)8(3)11-9(12)5-4-6-10(13)14/h7-8H,4-6H2,1-3H3,(H,11,12)(H,13,14). The van der Waals surface area contributed by atoms with E-state index in [-0.39, 0.29) is 18.4 Å². The maximum absolute atomic E-state index is 11.2. The van der Waals surface area contributed by atoms with Crippen molar-refractivity contribution in [2.75, 3.05) is 0 Å². The van der Waals surface area contributed by atoms with E-state index in [9.17, 15) is 9.59 Å². The van der Waals surface area contributed by atoms with Crippen molar-refractivity contribution in [2.24, 2.45) is 5.92 Å². The smallest absolute Gasteiger partial charge is 0.303 e. The van der Waals surface area contributed by atoms with Crippen LogP contribution in [0.3, 0.4) is 0 Å². The summed E-state index contributed by atoms with van der Waals surface area (Å²) in [5.74, 6) is -0.513. The van der Waals surface area contributed by atoms with Crippen molar-refractivity contribution >= 4 is 11.9 Å². The average molecular weight is 201 g/mol. The summed E-state index contributed by atoms with van der Waals surface area (Å²) in [6, 6.07) is 0.146. The Balaban J connectivity index is 3.60. The summed E-state index contributed by atoms with van der Waals surface area (Å²) in [4.78, 5) is 21.4. The van der Waals surface area contributed by atoms with Gasteiger partial charge in [-0.25, -0.2) is 0 Å². The van der Waals surface area contributed by atoms with Gasteiger partial charge in [0.2, 0.25) is 5.91 Å². The number of rotatable bonds is 6. The van der Waals surface area contributed by atoms with Crippen molar-refractivity contribution in [1.82, 2.24) is 5.32 Å². The average Bonchev–Trinajstić information content (AvgIpc) is 2.02. The Hall–Kier alpha value is -1.06. The van der Waals surface area contributed by atoms with Crippen LogP contribution in [0.4, 0.5) is 0 Å². The molecule has 0 aromatic rings. The van der Waals surface area contributed by atoms with Crippen LogP contribution in [-0.4, -0.2) is 23.0 Å². The largest absolute Gasteiger partial charge is 0.481 e. The van der Waals surface area contributed by atoms with Crippen LogP contribution in [0.25, 0.3) is 0 Å². The third kappa shape index (κ3) is 6.46. The van der Waals surface area contributed by atoms with E-state index in [2.05, 4.69) is 5.32 Å². The Morgan fingerprint density at radius 3 is 2.21 bits per heavy atom. The number of aliphatic carboxylic acids is 1. The van der Waals surface area contributed by atoms with Gasteiger partial charge in [0.05, 0.1) is 0 Å². The van der Waals surface area contributed by atoms with Gasteiger partial charge in [0.25, 0.3) is 0 Å². The highest BCUT2D eigenvalue weighted by molar-refractivity contribution is 5.77. The van der Waals surface area contributed by atoms with E-state index in [1.54, 1.807) is 0 Å². The minimum Gasteiger partial charge on any atom is -0.481 e. The summed E-state index contributed by atoms with van der Waals surface area (Å²) in [7, 11) is 0. The highest BCUT2D eigenvalue weighted by Crippen LogP contribution is 2.01. The van der Waals surface area contributed by atoms with Crippen LogP contribution in [0.5, 0.6) is 0 Å². The Labute approximate surface area is 84.7 Å². The van der Waals surface area contributed by atoms with E-state index < -0.39 is 5.97 Å². The lowest BCUT2D eigenvalue weighted by atomic mass is 10.1. The lowest BCUT2D eigenvalue weighted by molar-refractivity contribution is -0.137. The summed E-state index contributed by atoms with van der Waals surface area (Å²) in [6.07, 6.45) is 0.763. The second-order valence-corrected chi connectivity index (χ2v) is 3.85. The van der Waals surface area contributed by atoms with Crippen LogP contribution < -0.4 is 5.32 Å². The van der Waals surface area contributed by atoms with E-state index in [1.165, 1.54) is 0 Å². The first-order valence-electron chi connectivity index (χ1n) is 4.94. The monoisotopic (exact) mass is 201 g/mol. The molecule has 4 heteroatoms. The van der Waals surface area contributed by atoms with E-state index in [4.69, 9.17) is 5.11 Å². The van der Waals surface area contributed by atoms with Crippen molar-refractivity contribution in [3.8, 4) is 0 Å². The molecule has 1 atom stereocenters. The van der Waals surface area contributed by atoms with Gasteiger partial charge in [0, 0.05) is 18.9 Å². The van der Waals surface area contributed by atoms with E-state index in [1.807, 2.05) is 20.8 Å². The fourth-order valence-corrected chi connectivity index (χ4v) is 0.893. The molecule has 0 bridgehead atoms. The summed E-state index contributed by atoms with van der Waals surface area (Å²) >= 11 is 0. The van der Waals surface area contributed by atoms with Crippen molar-refractivity contribution in [1.29, 1.82) is 0 Å². The Morgan fingerprint density at radius 2 is 1.79 bits per heavy atom. The van der Waals surface area contributed by atoms with Gasteiger partial charge >= 0.3 is 5.97 Å². The van der Waals surface area contributed by atoms with Crippen LogP contribution in [0.1, 0.15) is 40.0 Å². The molecule has 0 rings (SSSR count). The van der Waals surface area contributed by atoms with Gasteiger partial charge in [-0.15, -0.1) is 0 Å². The highest BCUT2D eigenvalue weighted by Gasteiger charge is 2.10. The lowest BCUT2D eigenvalue weighted by Gasteiger charge is -2.17. The topological polar surface area (TPSA) is 66.4 Å². The molecular weight excluding hydrogens is 182 g/mol. The van der Waals surface area contributed by atoms with Crippen molar-refractivity contribution < 1.29 is 14.7 Å². The molecule has 1 unspecified atom stereocenters. The number of hydrogen-bond donors (Lipinski definition) is 2. The van der Waals surface area contributed by atoms with Gasteiger partial charge in [-0.05, 0) is 19.3 Å². The van der Waals surface area contributed by atoms with Crippen molar-refractivity contribution in [2.45, 2.75) is 46.1 Å². The maximum Gasteiger partial charge on any atom is 0.303 e. The zero-order chi connectivity index (χ0) is 11.1. The van der Waals surface area contributed by atoms with Crippen LogP contribution >= 0.6 is 0 Å². The molecule has 82 valence electrons. The molecule has 1 amide bonds.